The van der Waals surface area contributed by atoms with Gasteiger partial charge in [0.25, 0.3) is 5.91 Å². The van der Waals surface area contributed by atoms with Crippen molar-refractivity contribution in [3.8, 4) is 22.7 Å². The Hall–Kier alpha value is -3.94. The van der Waals surface area contributed by atoms with Crippen LogP contribution in [0.2, 0.25) is 0 Å². The van der Waals surface area contributed by atoms with Gasteiger partial charge in [-0.25, -0.2) is 4.68 Å². The molecule has 1 atom stereocenters. The van der Waals surface area contributed by atoms with Crippen molar-refractivity contribution < 1.29 is 9.53 Å². The van der Waals surface area contributed by atoms with Crippen LogP contribution in [0.15, 0.2) is 103 Å². The van der Waals surface area contributed by atoms with Gasteiger partial charge in [-0.15, -0.1) is 0 Å². The lowest BCUT2D eigenvalue weighted by Gasteiger charge is -2.23. The number of hydrogen-bond acceptors (Lipinski definition) is 5. The van der Waals surface area contributed by atoms with Crippen molar-refractivity contribution in [2.75, 3.05) is 6.61 Å². The Morgan fingerprint density at radius 1 is 1.08 bits per heavy atom. The highest BCUT2D eigenvalue weighted by atomic mass is 32.2. The lowest BCUT2D eigenvalue weighted by atomic mass is 10.0. The molecule has 1 aromatic heterocycles. The van der Waals surface area contributed by atoms with Crippen molar-refractivity contribution >= 4 is 40.3 Å². The maximum atomic E-state index is 13.6. The number of carbonyl (C=O) groups excluding carboxylic acids is 1. The monoisotopic (exact) mass is 537 g/mol. The fourth-order valence-electron chi connectivity index (χ4n) is 4.40. The summed E-state index contributed by atoms with van der Waals surface area (Å²) in [5, 5.41) is 4.94. The molecule has 1 fully saturated rings. The molecule has 5 nitrogen and oxygen atoms in total. The van der Waals surface area contributed by atoms with Crippen molar-refractivity contribution in [2.24, 2.45) is 0 Å². The van der Waals surface area contributed by atoms with Gasteiger partial charge in [0.2, 0.25) is 0 Å². The number of hydrogen-bond donors (Lipinski definition) is 0. The second-order valence-electron chi connectivity index (χ2n) is 8.93. The Labute approximate surface area is 232 Å². The van der Waals surface area contributed by atoms with Gasteiger partial charge in [-0.05, 0) is 61.4 Å². The molecule has 190 valence electrons. The van der Waals surface area contributed by atoms with Crippen LogP contribution >= 0.6 is 24.0 Å². The van der Waals surface area contributed by atoms with E-state index in [4.69, 9.17) is 22.1 Å². The first-order chi connectivity index (χ1) is 18.5. The van der Waals surface area contributed by atoms with Crippen LogP contribution < -0.4 is 4.74 Å². The molecular formula is C31H27N3O2S2. The van der Waals surface area contributed by atoms with Gasteiger partial charge in [-0.2, -0.15) is 5.10 Å². The summed E-state index contributed by atoms with van der Waals surface area (Å²) in [5.41, 5.74) is 5.57. The van der Waals surface area contributed by atoms with Gasteiger partial charge in [-0.3, -0.25) is 9.69 Å². The molecule has 7 heteroatoms. The van der Waals surface area contributed by atoms with E-state index in [1.54, 1.807) is 11.0 Å². The van der Waals surface area contributed by atoms with Crippen LogP contribution in [0, 0.1) is 6.92 Å². The summed E-state index contributed by atoms with van der Waals surface area (Å²) >= 11 is 6.98. The molecule has 0 spiro atoms. The minimum Gasteiger partial charge on any atom is -0.490 e. The summed E-state index contributed by atoms with van der Waals surface area (Å²) in [6.07, 6.45) is 5.58. The van der Waals surface area contributed by atoms with Gasteiger partial charge in [0.05, 0.1) is 16.6 Å². The number of aryl methyl sites for hydroxylation is 1. The van der Waals surface area contributed by atoms with Gasteiger partial charge in [0.15, 0.2) is 0 Å². The van der Waals surface area contributed by atoms with Crippen molar-refractivity contribution in [3.05, 3.63) is 119 Å². The van der Waals surface area contributed by atoms with Gasteiger partial charge in [-0.1, -0.05) is 85.2 Å². The second-order valence-corrected chi connectivity index (χ2v) is 10.6. The Kier molecular flexibility index (Phi) is 7.58. The van der Waals surface area contributed by atoms with Crippen LogP contribution in [0.5, 0.6) is 5.75 Å². The Morgan fingerprint density at radius 3 is 2.47 bits per heavy atom. The van der Waals surface area contributed by atoms with Crippen LogP contribution in [0.25, 0.3) is 23.0 Å². The molecule has 4 aromatic rings. The van der Waals surface area contributed by atoms with Crippen LogP contribution in [0.1, 0.15) is 29.7 Å². The van der Waals surface area contributed by atoms with Crippen LogP contribution in [-0.2, 0) is 4.79 Å². The number of thiocarbonyl (C=S) groups is 1. The number of thioether (sulfide) groups is 1. The molecule has 1 saturated heterocycles. The highest BCUT2D eigenvalue weighted by Crippen LogP contribution is 2.39. The average Bonchev–Trinajstić information content (AvgIpc) is 3.48. The maximum Gasteiger partial charge on any atom is 0.266 e. The van der Waals surface area contributed by atoms with Crippen molar-refractivity contribution in [2.45, 2.75) is 19.9 Å². The third kappa shape index (κ3) is 5.21. The fraction of sp³-hybridized carbons (Fsp3) is 0.129. The van der Waals surface area contributed by atoms with Gasteiger partial charge in [0.1, 0.15) is 22.4 Å². The first kappa shape index (κ1) is 25.7. The lowest BCUT2D eigenvalue weighted by Crippen LogP contribution is -2.30. The molecule has 5 rings (SSSR count). The molecule has 1 amide bonds. The van der Waals surface area contributed by atoms with E-state index < -0.39 is 0 Å². The van der Waals surface area contributed by atoms with Crippen LogP contribution in [0.3, 0.4) is 0 Å². The van der Waals surface area contributed by atoms with E-state index in [0.717, 1.165) is 39.4 Å². The predicted octanol–water partition coefficient (Wildman–Crippen LogP) is 7.37. The largest absolute Gasteiger partial charge is 0.490 e. The minimum atomic E-state index is -0.161. The van der Waals surface area contributed by atoms with Crippen LogP contribution in [-0.4, -0.2) is 31.5 Å². The molecule has 1 unspecified atom stereocenters. The van der Waals surface area contributed by atoms with E-state index in [1.165, 1.54) is 11.8 Å². The first-order valence-corrected chi connectivity index (χ1v) is 13.5. The van der Waals surface area contributed by atoms with E-state index in [0.29, 0.717) is 15.8 Å². The summed E-state index contributed by atoms with van der Waals surface area (Å²) in [5.74, 6) is 0.672. The summed E-state index contributed by atoms with van der Waals surface area (Å²) in [6.45, 7) is 8.19. The summed E-state index contributed by atoms with van der Waals surface area (Å²) in [4.78, 5) is 15.8. The molecule has 0 N–H and O–H groups in total. The zero-order valence-electron chi connectivity index (χ0n) is 21.2. The van der Waals surface area contributed by atoms with E-state index in [9.17, 15) is 4.79 Å². The number of rotatable bonds is 8. The zero-order chi connectivity index (χ0) is 26.6. The summed E-state index contributed by atoms with van der Waals surface area (Å²) in [7, 11) is 0. The van der Waals surface area contributed by atoms with E-state index >= 15 is 0 Å². The third-order valence-electron chi connectivity index (χ3n) is 6.36. The molecule has 1 aliphatic rings. The van der Waals surface area contributed by atoms with Crippen molar-refractivity contribution in [1.82, 2.24) is 14.7 Å². The van der Waals surface area contributed by atoms with Crippen molar-refractivity contribution in [3.63, 3.8) is 0 Å². The number of amides is 1. The Morgan fingerprint density at radius 2 is 1.79 bits per heavy atom. The molecule has 1 aliphatic heterocycles. The lowest BCUT2D eigenvalue weighted by molar-refractivity contribution is -0.123. The van der Waals surface area contributed by atoms with Gasteiger partial charge < -0.3 is 4.74 Å². The number of ether oxygens (including phenoxy) is 1. The number of aromatic nitrogens is 2. The van der Waals surface area contributed by atoms with Crippen LogP contribution in [0.4, 0.5) is 0 Å². The quantitative estimate of drug-likeness (QED) is 0.133. The average molecular weight is 538 g/mol. The molecule has 0 aliphatic carbocycles. The SMILES string of the molecule is C=CCOc1ccc(-c2nn(-c3ccccc3)cc2/C=C2\SC(=S)N(C(C)c3ccccc3)C2=O)c(C)c1. The fourth-order valence-corrected chi connectivity index (χ4v) is 5.81. The number of nitrogens with zero attached hydrogens (tertiary/aromatic N) is 3. The summed E-state index contributed by atoms with van der Waals surface area (Å²) in [6, 6.07) is 25.6. The molecule has 3 aromatic carbocycles. The molecule has 0 saturated carbocycles. The third-order valence-corrected chi connectivity index (χ3v) is 7.69. The zero-order valence-corrected chi connectivity index (χ0v) is 22.8. The molecule has 2 heterocycles. The van der Waals surface area contributed by atoms with Gasteiger partial charge in [0, 0.05) is 17.3 Å². The van der Waals surface area contributed by atoms with E-state index in [1.807, 2.05) is 110 Å². The number of benzene rings is 3. The highest BCUT2D eigenvalue weighted by Gasteiger charge is 2.36. The number of carbonyl (C=O) groups is 1. The van der Waals surface area contributed by atoms with E-state index in [2.05, 4.69) is 6.58 Å². The first-order valence-electron chi connectivity index (χ1n) is 12.3. The summed E-state index contributed by atoms with van der Waals surface area (Å²) < 4.78 is 8.11. The van der Waals surface area contributed by atoms with E-state index in [-0.39, 0.29) is 11.9 Å². The normalized spacial score (nSPS) is 15.2. The topological polar surface area (TPSA) is 47.4 Å². The number of para-hydroxylation sites is 1. The van der Waals surface area contributed by atoms with Gasteiger partial charge >= 0.3 is 0 Å². The standard InChI is InChI=1S/C31H27N3O2S2/c1-4-17-36-26-15-16-27(21(2)18-26)29-24(20-33(32-29)25-13-9-6-10-14-25)19-28-30(35)34(31(37)38-28)22(3)23-11-7-5-8-12-23/h4-16,18-20,22H,1,17H2,2-3H3/b28-19-. The molecular weight excluding hydrogens is 510 g/mol. The smallest absolute Gasteiger partial charge is 0.266 e. The highest BCUT2D eigenvalue weighted by molar-refractivity contribution is 8.26. The Balaban J connectivity index is 1.55. The molecule has 0 radical (unpaired) electrons. The predicted molar refractivity (Wildman–Crippen MR) is 159 cm³/mol. The Bertz CT molecular complexity index is 1530. The minimum absolute atomic E-state index is 0.0975. The van der Waals surface area contributed by atoms with Crippen molar-refractivity contribution in [1.29, 1.82) is 0 Å². The molecule has 0 bridgehead atoms. The second kappa shape index (κ2) is 11.2. The maximum absolute atomic E-state index is 13.6. The molecule has 38 heavy (non-hydrogen) atoms.